The second-order valence-electron chi connectivity index (χ2n) is 6.61. The van der Waals surface area contributed by atoms with Crippen molar-refractivity contribution in [3.05, 3.63) is 70.8 Å². The second kappa shape index (κ2) is 6.88. The molecule has 0 aromatic heterocycles. The van der Waals surface area contributed by atoms with E-state index in [1.807, 2.05) is 62.4 Å². The minimum atomic E-state index is -3.86. The van der Waals surface area contributed by atoms with E-state index in [-0.39, 0.29) is 0 Å². The summed E-state index contributed by atoms with van der Waals surface area (Å²) in [6.45, 7) is 3.98. The molecule has 1 aliphatic heterocycles. The van der Waals surface area contributed by atoms with Crippen LogP contribution < -0.4 is 5.73 Å². The fourth-order valence-corrected chi connectivity index (χ4v) is 3.26. The van der Waals surface area contributed by atoms with E-state index in [4.69, 9.17) is 9.92 Å². The molecule has 1 aliphatic rings. The maximum absolute atomic E-state index is 11.7. The summed E-state index contributed by atoms with van der Waals surface area (Å²) < 4.78 is 28.4. The lowest BCUT2D eigenvalue weighted by atomic mass is 9.97. The number of nitrogens with zero attached hydrogens (tertiary/aromatic N) is 3. The van der Waals surface area contributed by atoms with Gasteiger partial charge in [-0.3, -0.25) is 5.73 Å². The molecule has 142 valence electrons. The third-order valence-corrected chi connectivity index (χ3v) is 4.68. The Kier molecular flexibility index (Phi) is 4.90. The minimum Gasteiger partial charge on any atom is -0.263 e. The lowest BCUT2D eigenvalue weighted by Gasteiger charge is -2.35. The zero-order chi connectivity index (χ0) is 19.8. The van der Waals surface area contributed by atoms with Crippen molar-refractivity contribution in [1.29, 1.82) is 0 Å². The molecule has 1 atom stereocenters. The molecule has 2 aromatic carbocycles. The normalized spacial score (nSPS) is 20.3. The van der Waals surface area contributed by atoms with E-state index in [0.29, 0.717) is 11.4 Å². The van der Waals surface area contributed by atoms with Crippen molar-refractivity contribution in [3.63, 3.8) is 0 Å². The number of rotatable bonds is 4. The van der Waals surface area contributed by atoms with Crippen LogP contribution in [0.5, 0.6) is 0 Å². The molecule has 8 heteroatoms. The van der Waals surface area contributed by atoms with E-state index < -0.39 is 16.1 Å². The highest BCUT2D eigenvalue weighted by atomic mass is 32.2. The van der Waals surface area contributed by atoms with Crippen LogP contribution in [0.3, 0.4) is 0 Å². The number of hydrazone groups is 1. The average Bonchev–Trinajstić information content (AvgIpc) is 2.57. The van der Waals surface area contributed by atoms with Crippen LogP contribution in [0.4, 0.5) is 0 Å². The summed E-state index contributed by atoms with van der Waals surface area (Å²) in [6, 6.07) is 15.5. The van der Waals surface area contributed by atoms with Gasteiger partial charge in [0.25, 0.3) is 10.1 Å². The van der Waals surface area contributed by atoms with Crippen molar-refractivity contribution in [3.8, 4) is 0 Å². The molecule has 0 saturated heterocycles. The van der Waals surface area contributed by atoms with Crippen LogP contribution >= 0.6 is 0 Å². The molecule has 2 aromatic rings. The number of hydrogen-bond donors (Lipinski definition) is 1. The van der Waals surface area contributed by atoms with Gasteiger partial charge >= 0.3 is 5.97 Å². The van der Waals surface area contributed by atoms with Gasteiger partial charge in [-0.05, 0) is 13.8 Å². The summed E-state index contributed by atoms with van der Waals surface area (Å²) in [6.07, 6.45) is 0.926. The van der Waals surface area contributed by atoms with Gasteiger partial charge in [0.1, 0.15) is 5.71 Å². The zero-order valence-electron chi connectivity index (χ0n) is 15.7. The molecule has 0 radical (unpaired) electrons. The Bertz CT molecular complexity index is 1010. The summed E-state index contributed by atoms with van der Waals surface area (Å²) in [7, 11) is -2.34. The fraction of sp³-hybridized carbons (Fsp3) is 0.263. The molecular weight excluding hydrogens is 364 g/mol. The third kappa shape index (κ3) is 4.24. The molecule has 1 unspecified atom stereocenters. The summed E-state index contributed by atoms with van der Waals surface area (Å²) in [5.74, 6) is -1.96. The zero-order valence-corrected chi connectivity index (χ0v) is 16.5. The number of nitrogens with two attached hydrogens (primary N) is 1. The van der Waals surface area contributed by atoms with Gasteiger partial charge in [0.15, 0.2) is 0 Å². The minimum absolute atomic E-state index is 0.461. The average molecular weight is 386 g/mol. The lowest BCUT2D eigenvalue weighted by Crippen LogP contribution is -2.57. The smallest absolute Gasteiger partial charge is 0.263 e. The van der Waals surface area contributed by atoms with Crippen LogP contribution in [0.1, 0.15) is 22.3 Å². The highest BCUT2D eigenvalue weighted by Crippen LogP contribution is 2.24. The summed E-state index contributed by atoms with van der Waals surface area (Å²) in [4.78, 5) is 4.45. The molecule has 0 bridgehead atoms. The summed E-state index contributed by atoms with van der Waals surface area (Å²) in [5.41, 5.74) is 11.0. The van der Waals surface area contributed by atoms with E-state index in [2.05, 4.69) is 10.1 Å². The topological polar surface area (TPSA) is 97.3 Å². The van der Waals surface area contributed by atoms with Crippen LogP contribution in [0, 0.1) is 13.8 Å². The van der Waals surface area contributed by atoms with Gasteiger partial charge in [0, 0.05) is 18.2 Å². The molecule has 0 amide bonds. The highest BCUT2D eigenvalue weighted by molar-refractivity contribution is 7.86. The Morgan fingerprint density at radius 3 is 1.81 bits per heavy atom. The summed E-state index contributed by atoms with van der Waals surface area (Å²) >= 11 is 0. The van der Waals surface area contributed by atoms with E-state index >= 15 is 0 Å². The monoisotopic (exact) mass is 386 g/mol. The Labute approximate surface area is 159 Å². The maximum atomic E-state index is 11.7. The summed E-state index contributed by atoms with van der Waals surface area (Å²) in [5, 5.41) is 5.71. The predicted molar refractivity (Wildman–Crippen MR) is 106 cm³/mol. The first kappa shape index (κ1) is 19.2. The molecule has 0 saturated carbocycles. The van der Waals surface area contributed by atoms with Gasteiger partial charge in [0.2, 0.25) is 0 Å². The molecule has 7 nitrogen and oxygen atoms in total. The molecule has 2 N–H and O–H groups in total. The second-order valence-corrected chi connectivity index (χ2v) is 8.19. The molecule has 0 spiro atoms. The maximum Gasteiger partial charge on any atom is 0.330 e. The largest absolute Gasteiger partial charge is 0.330 e. The van der Waals surface area contributed by atoms with Crippen molar-refractivity contribution >= 4 is 21.5 Å². The van der Waals surface area contributed by atoms with Crippen LogP contribution in [0.15, 0.2) is 58.6 Å². The van der Waals surface area contributed by atoms with Crippen LogP contribution in [0.2, 0.25) is 0 Å². The standard InChI is InChI=1S/C19H22N4O3S/c1-13-5-9-15(10-6-13)17-18(16-11-7-14(2)8-12-16)22-23(3)19(20,21-17)26-27(4,24)25/h5-12H,20H2,1-4H3. The Hall–Kier alpha value is -2.55. The Balaban J connectivity index is 2.16. The van der Waals surface area contributed by atoms with E-state index in [9.17, 15) is 8.42 Å². The van der Waals surface area contributed by atoms with Gasteiger partial charge in [0.05, 0.1) is 12.0 Å². The number of hydrogen-bond acceptors (Lipinski definition) is 7. The third-order valence-electron chi connectivity index (χ3n) is 4.13. The van der Waals surface area contributed by atoms with Crippen LogP contribution in [0.25, 0.3) is 0 Å². The predicted octanol–water partition coefficient (Wildman–Crippen LogP) is 1.99. The first-order valence-electron chi connectivity index (χ1n) is 8.34. The molecule has 27 heavy (non-hydrogen) atoms. The van der Waals surface area contributed by atoms with Crippen molar-refractivity contribution in [2.24, 2.45) is 15.8 Å². The van der Waals surface area contributed by atoms with Crippen molar-refractivity contribution in [2.75, 3.05) is 13.3 Å². The van der Waals surface area contributed by atoms with E-state index in [0.717, 1.165) is 28.5 Å². The highest BCUT2D eigenvalue weighted by Gasteiger charge is 2.40. The quantitative estimate of drug-likeness (QED) is 0.640. The number of aliphatic imine (C=N–C) groups is 1. The van der Waals surface area contributed by atoms with Crippen molar-refractivity contribution in [1.82, 2.24) is 5.01 Å². The first-order chi connectivity index (χ1) is 12.6. The van der Waals surface area contributed by atoms with Gasteiger partial charge in [-0.1, -0.05) is 59.7 Å². The van der Waals surface area contributed by atoms with Gasteiger partial charge in [-0.15, -0.1) is 0 Å². The molecule has 0 aliphatic carbocycles. The van der Waals surface area contributed by atoms with Crippen molar-refractivity contribution in [2.45, 2.75) is 19.8 Å². The van der Waals surface area contributed by atoms with Gasteiger partial charge < -0.3 is 0 Å². The van der Waals surface area contributed by atoms with Crippen molar-refractivity contribution < 1.29 is 12.6 Å². The van der Waals surface area contributed by atoms with E-state index in [1.54, 1.807) is 0 Å². The number of aryl methyl sites for hydroxylation is 2. The molecular formula is C19H22N4O3S. The van der Waals surface area contributed by atoms with Crippen LogP contribution in [-0.4, -0.2) is 44.1 Å². The fourth-order valence-electron chi connectivity index (χ4n) is 2.67. The van der Waals surface area contributed by atoms with Gasteiger partial charge in [-0.25, -0.2) is 14.2 Å². The lowest BCUT2D eigenvalue weighted by molar-refractivity contribution is -0.0540. The SMILES string of the molecule is Cc1ccc(C2=NN(C)C(N)(OS(C)(=O)=O)N=C2c2ccc(C)cc2)cc1. The molecule has 0 fully saturated rings. The first-order valence-corrected chi connectivity index (χ1v) is 10.2. The Morgan fingerprint density at radius 2 is 1.37 bits per heavy atom. The molecule has 1 heterocycles. The Morgan fingerprint density at radius 1 is 0.926 bits per heavy atom. The van der Waals surface area contributed by atoms with Crippen LogP contribution in [-0.2, 0) is 14.3 Å². The molecule has 3 rings (SSSR count). The van der Waals surface area contributed by atoms with Gasteiger partial charge in [-0.2, -0.15) is 13.5 Å². The van der Waals surface area contributed by atoms with E-state index in [1.165, 1.54) is 12.1 Å². The number of benzene rings is 2.